The van der Waals surface area contributed by atoms with E-state index in [4.69, 9.17) is 0 Å². The smallest absolute Gasteiger partial charge is 0.223 e. The number of nitrogens with one attached hydrogen (secondary N) is 1. The molecular formula is C18H26N2O3. The van der Waals surface area contributed by atoms with Crippen molar-refractivity contribution in [2.45, 2.75) is 46.5 Å². The monoisotopic (exact) mass is 318 g/mol. The summed E-state index contributed by atoms with van der Waals surface area (Å²) in [7, 11) is 0. The second-order valence-corrected chi connectivity index (χ2v) is 5.58. The van der Waals surface area contributed by atoms with Crippen molar-refractivity contribution in [1.82, 2.24) is 5.32 Å². The quantitative estimate of drug-likeness (QED) is 0.562. The minimum Gasteiger partial charge on any atom is -0.356 e. The molecule has 0 saturated heterocycles. The molecule has 5 heteroatoms. The number of carbonyl (C=O) groups is 3. The van der Waals surface area contributed by atoms with Gasteiger partial charge in [0.2, 0.25) is 11.8 Å². The van der Waals surface area contributed by atoms with Crippen LogP contribution in [0.1, 0.15) is 56.8 Å². The first kappa shape index (κ1) is 18.9. The average Bonchev–Trinajstić information content (AvgIpc) is 2.51. The lowest BCUT2D eigenvalue weighted by atomic mass is 10.1. The number of hydrogen-bond acceptors (Lipinski definition) is 3. The number of amides is 2. The molecule has 0 unspecified atom stereocenters. The van der Waals surface area contributed by atoms with Crippen LogP contribution in [0.2, 0.25) is 0 Å². The van der Waals surface area contributed by atoms with Gasteiger partial charge in [-0.1, -0.05) is 31.9 Å². The molecule has 2 amide bonds. The number of rotatable bonds is 9. The Bertz CT molecular complexity index is 555. The zero-order chi connectivity index (χ0) is 17.2. The third-order valence-electron chi connectivity index (χ3n) is 3.61. The molecule has 0 aliphatic rings. The average molecular weight is 318 g/mol. The molecule has 0 bridgehead atoms. The minimum absolute atomic E-state index is 0.0518. The highest BCUT2D eigenvalue weighted by atomic mass is 16.2. The van der Waals surface area contributed by atoms with Gasteiger partial charge < -0.3 is 10.2 Å². The third kappa shape index (κ3) is 6.63. The van der Waals surface area contributed by atoms with Crippen LogP contribution in [-0.4, -0.2) is 30.7 Å². The van der Waals surface area contributed by atoms with Crippen LogP contribution in [0, 0.1) is 0 Å². The Balaban J connectivity index is 2.62. The van der Waals surface area contributed by atoms with Gasteiger partial charge in [0.15, 0.2) is 5.78 Å². The lowest BCUT2D eigenvalue weighted by Crippen LogP contribution is -2.34. The largest absolute Gasteiger partial charge is 0.356 e. The number of nitrogens with zero attached hydrogens (tertiary/aromatic N) is 1. The van der Waals surface area contributed by atoms with Gasteiger partial charge in [-0.05, 0) is 25.5 Å². The molecule has 1 aromatic carbocycles. The molecule has 0 aliphatic heterocycles. The molecule has 0 aliphatic carbocycles. The summed E-state index contributed by atoms with van der Waals surface area (Å²) in [5, 5.41) is 2.86. The van der Waals surface area contributed by atoms with Crippen LogP contribution in [0.3, 0.4) is 0 Å². The third-order valence-corrected chi connectivity index (χ3v) is 3.61. The maximum Gasteiger partial charge on any atom is 0.223 e. The zero-order valence-corrected chi connectivity index (χ0v) is 14.2. The summed E-state index contributed by atoms with van der Waals surface area (Å²) in [5.74, 6) is -0.261. The Kier molecular flexibility index (Phi) is 8.02. The molecule has 0 atom stereocenters. The molecule has 23 heavy (non-hydrogen) atoms. The molecular weight excluding hydrogens is 292 g/mol. The molecule has 0 fully saturated rings. The fourth-order valence-corrected chi connectivity index (χ4v) is 2.27. The molecule has 0 radical (unpaired) electrons. The van der Waals surface area contributed by atoms with Crippen molar-refractivity contribution in [3.8, 4) is 0 Å². The second kappa shape index (κ2) is 9.77. The van der Waals surface area contributed by atoms with Crippen molar-refractivity contribution in [3.05, 3.63) is 29.8 Å². The predicted molar refractivity (Wildman–Crippen MR) is 91.6 cm³/mol. The summed E-state index contributed by atoms with van der Waals surface area (Å²) in [6.07, 6.45) is 3.42. The fraction of sp³-hybridized carbons (Fsp3) is 0.500. The zero-order valence-electron chi connectivity index (χ0n) is 14.2. The normalized spacial score (nSPS) is 10.2. The Hall–Kier alpha value is -2.17. The lowest BCUT2D eigenvalue weighted by molar-refractivity contribution is -0.121. The van der Waals surface area contributed by atoms with Crippen LogP contribution in [0.15, 0.2) is 24.3 Å². The van der Waals surface area contributed by atoms with Crippen molar-refractivity contribution >= 4 is 23.3 Å². The van der Waals surface area contributed by atoms with Crippen LogP contribution >= 0.6 is 0 Å². The summed E-state index contributed by atoms with van der Waals surface area (Å²) in [5.41, 5.74) is 1.20. The van der Waals surface area contributed by atoms with Crippen LogP contribution in [0.25, 0.3) is 0 Å². The van der Waals surface area contributed by atoms with E-state index in [1.54, 1.807) is 24.3 Å². The number of benzene rings is 1. The summed E-state index contributed by atoms with van der Waals surface area (Å²) < 4.78 is 0. The van der Waals surface area contributed by atoms with Crippen molar-refractivity contribution in [1.29, 1.82) is 0 Å². The Morgan fingerprint density at radius 2 is 1.87 bits per heavy atom. The van der Waals surface area contributed by atoms with Gasteiger partial charge in [-0.25, -0.2) is 0 Å². The highest BCUT2D eigenvalue weighted by Gasteiger charge is 2.14. The summed E-state index contributed by atoms with van der Waals surface area (Å²) >= 11 is 0. The van der Waals surface area contributed by atoms with Gasteiger partial charge in [0.1, 0.15) is 0 Å². The van der Waals surface area contributed by atoms with Gasteiger partial charge in [-0.15, -0.1) is 0 Å². The molecule has 1 rings (SSSR count). The van der Waals surface area contributed by atoms with Crippen LogP contribution in [0.5, 0.6) is 0 Å². The maximum atomic E-state index is 11.8. The lowest BCUT2D eigenvalue weighted by Gasteiger charge is -2.21. The van der Waals surface area contributed by atoms with E-state index >= 15 is 0 Å². The van der Waals surface area contributed by atoms with Gasteiger partial charge in [-0.3, -0.25) is 14.4 Å². The van der Waals surface area contributed by atoms with Gasteiger partial charge in [0.05, 0.1) is 0 Å². The molecule has 1 N–H and O–H groups in total. The van der Waals surface area contributed by atoms with Crippen molar-refractivity contribution < 1.29 is 14.4 Å². The van der Waals surface area contributed by atoms with E-state index in [0.717, 1.165) is 19.3 Å². The molecule has 126 valence electrons. The fourth-order valence-electron chi connectivity index (χ4n) is 2.27. The van der Waals surface area contributed by atoms with Crippen molar-refractivity contribution in [2.24, 2.45) is 0 Å². The van der Waals surface area contributed by atoms with Gasteiger partial charge >= 0.3 is 0 Å². The van der Waals surface area contributed by atoms with E-state index in [0.29, 0.717) is 24.3 Å². The SMILES string of the molecule is CCCCCNC(=O)CCN(C(C)=O)c1cccc(C(C)=O)c1. The van der Waals surface area contributed by atoms with Crippen LogP contribution in [0.4, 0.5) is 5.69 Å². The molecule has 1 aromatic rings. The molecule has 0 aromatic heterocycles. The molecule has 0 heterocycles. The standard InChI is InChI=1S/C18H26N2O3/c1-4-5-6-11-19-18(23)10-12-20(15(3)22)17-9-7-8-16(13-17)14(2)21/h7-9,13H,4-6,10-12H2,1-3H3,(H,19,23). The number of unbranched alkanes of at least 4 members (excludes halogenated alkanes) is 2. The number of anilines is 1. The number of carbonyl (C=O) groups excluding carboxylic acids is 3. The Labute approximate surface area is 138 Å². The summed E-state index contributed by atoms with van der Waals surface area (Å²) in [4.78, 5) is 36.7. The first-order valence-electron chi connectivity index (χ1n) is 8.11. The summed E-state index contributed by atoms with van der Waals surface area (Å²) in [6.45, 7) is 6.03. The molecule has 5 nitrogen and oxygen atoms in total. The number of ketones is 1. The van der Waals surface area contributed by atoms with Crippen LogP contribution < -0.4 is 10.2 Å². The maximum absolute atomic E-state index is 11.8. The van der Waals surface area contributed by atoms with Crippen LogP contribution in [-0.2, 0) is 9.59 Å². The molecule has 0 saturated carbocycles. The van der Waals surface area contributed by atoms with E-state index < -0.39 is 0 Å². The second-order valence-electron chi connectivity index (χ2n) is 5.58. The highest BCUT2D eigenvalue weighted by molar-refractivity contribution is 5.97. The van der Waals surface area contributed by atoms with Crippen molar-refractivity contribution in [3.63, 3.8) is 0 Å². The number of hydrogen-bond donors (Lipinski definition) is 1. The summed E-state index contributed by atoms with van der Waals surface area (Å²) in [6, 6.07) is 6.91. The van der Waals surface area contributed by atoms with E-state index in [-0.39, 0.29) is 24.0 Å². The predicted octanol–water partition coefficient (Wildman–Crippen LogP) is 2.94. The van der Waals surface area contributed by atoms with Gasteiger partial charge in [0, 0.05) is 37.7 Å². The van der Waals surface area contributed by atoms with Gasteiger partial charge in [0.25, 0.3) is 0 Å². The first-order valence-corrected chi connectivity index (χ1v) is 8.11. The van der Waals surface area contributed by atoms with E-state index in [1.165, 1.54) is 18.7 Å². The molecule has 0 spiro atoms. The van der Waals surface area contributed by atoms with E-state index in [2.05, 4.69) is 12.2 Å². The van der Waals surface area contributed by atoms with E-state index in [1.807, 2.05) is 0 Å². The van der Waals surface area contributed by atoms with E-state index in [9.17, 15) is 14.4 Å². The number of Topliss-reactive ketones (excluding diaryl/α,β-unsaturated/α-hetero) is 1. The Morgan fingerprint density at radius 3 is 2.48 bits per heavy atom. The Morgan fingerprint density at radius 1 is 1.13 bits per heavy atom. The van der Waals surface area contributed by atoms with Crippen molar-refractivity contribution in [2.75, 3.05) is 18.0 Å². The highest BCUT2D eigenvalue weighted by Crippen LogP contribution is 2.17. The van der Waals surface area contributed by atoms with Gasteiger partial charge in [-0.2, -0.15) is 0 Å². The topological polar surface area (TPSA) is 66.5 Å². The first-order chi connectivity index (χ1) is 11.0. The minimum atomic E-state index is -0.149.